The molecule has 0 rings (SSSR count). The molecule has 0 aliphatic heterocycles. The lowest BCUT2D eigenvalue weighted by Gasteiger charge is -2.06. The first-order chi connectivity index (χ1) is 10.3. The molecule has 0 fully saturated rings. The first-order valence-corrected chi connectivity index (χ1v) is 10.3. The van der Waals surface area contributed by atoms with E-state index in [0.29, 0.717) is 12.8 Å². The largest absolute Gasteiger partial charge is 0.270 e. The van der Waals surface area contributed by atoms with Gasteiger partial charge in [0.1, 0.15) is 0 Å². The average Bonchev–Trinajstić information content (AvgIpc) is 2.43. The van der Waals surface area contributed by atoms with Gasteiger partial charge in [0.2, 0.25) is 0 Å². The molecule has 0 heterocycles. The summed E-state index contributed by atoms with van der Waals surface area (Å²) in [5, 5.41) is 0. The lowest BCUT2D eigenvalue weighted by atomic mass is 10.3. The molecular formula is C12H24F2O6S2. The quantitative estimate of drug-likeness (QED) is 0.325. The van der Waals surface area contributed by atoms with Crippen LogP contribution >= 0.6 is 0 Å². The van der Waals surface area contributed by atoms with Crippen molar-refractivity contribution in [2.45, 2.75) is 38.5 Å². The van der Waals surface area contributed by atoms with Crippen LogP contribution in [0.25, 0.3) is 0 Å². The normalized spacial score (nSPS) is 12.6. The van der Waals surface area contributed by atoms with E-state index in [-0.39, 0.29) is 50.4 Å². The van der Waals surface area contributed by atoms with E-state index in [1.54, 1.807) is 0 Å². The van der Waals surface area contributed by atoms with Gasteiger partial charge in [-0.2, -0.15) is 16.8 Å². The molecule has 0 saturated heterocycles. The summed E-state index contributed by atoms with van der Waals surface area (Å²) in [5.74, 6) is -0.452. The van der Waals surface area contributed by atoms with E-state index in [1.165, 1.54) is 0 Å². The van der Waals surface area contributed by atoms with E-state index in [4.69, 9.17) is 8.37 Å². The Morgan fingerprint density at radius 1 is 0.591 bits per heavy atom. The van der Waals surface area contributed by atoms with E-state index in [1.807, 2.05) is 0 Å². The highest BCUT2D eigenvalue weighted by Gasteiger charge is 2.12. The Bertz CT molecular complexity index is 420. The number of hydrogen-bond donors (Lipinski definition) is 0. The summed E-state index contributed by atoms with van der Waals surface area (Å²) in [5.41, 5.74) is 0. The molecule has 0 bridgehead atoms. The topological polar surface area (TPSA) is 86.7 Å². The Balaban J connectivity index is 3.68. The van der Waals surface area contributed by atoms with E-state index in [9.17, 15) is 25.6 Å². The SMILES string of the molecule is O=S(=O)(CCCCF)OCCCCOS(=O)(=O)CCCCF. The molecule has 0 N–H and O–H groups in total. The Hall–Kier alpha value is -0.320. The fraction of sp³-hybridized carbons (Fsp3) is 1.00. The summed E-state index contributed by atoms with van der Waals surface area (Å²) in [6.45, 7) is -1.26. The van der Waals surface area contributed by atoms with Crippen molar-refractivity contribution in [1.29, 1.82) is 0 Å². The highest BCUT2D eigenvalue weighted by Crippen LogP contribution is 2.04. The molecule has 0 aliphatic carbocycles. The molecule has 0 aromatic carbocycles. The van der Waals surface area contributed by atoms with Gasteiger partial charge in [0.25, 0.3) is 20.2 Å². The minimum atomic E-state index is -3.65. The first kappa shape index (κ1) is 21.7. The van der Waals surface area contributed by atoms with Crippen LogP contribution in [0.15, 0.2) is 0 Å². The van der Waals surface area contributed by atoms with Gasteiger partial charge in [0.15, 0.2) is 0 Å². The van der Waals surface area contributed by atoms with E-state index >= 15 is 0 Å². The standard InChI is InChI=1S/C12H24F2O6S2/c13-7-1-5-11-21(15,16)19-9-3-4-10-20-22(17,18)12-6-2-8-14/h1-12H2. The van der Waals surface area contributed by atoms with Crippen molar-refractivity contribution in [2.75, 3.05) is 38.1 Å². The Morgan fingerprint density at radius 3 is 1.27 bits per heavy atom. The fourth-order valence-corrected chi connectivity index (χ4v) is 3.54. The number of alkyl halides is 2. The van der Waals surface area contributed by atoms with Crippen molar-refractivity contribution in [1.82, 2.24) is 0 Å². The summed E-state index contributed by atoms with van der Waals surface area (Å²) < 4.78 is 78.4. The van der Waals surface area contributed by atoms with Gasteiger partial charge in [-0.25, -0.2) is 0 Å². The molecule has 6 nitrogen and oxygen atoms in total. The number of halogens is 2. The van der Waals surface area contributed by atoms with Crippen molar-refractivity contribution in [3.8, 4) is 0 Å². The zero-order valence-corrected chi connectivity index (χ0v) is 14.1. The van der Waals surface area contributed by atoms with Gasteiger partial charge >= 0.3 is 0 Å². The molecule has 0 saturated carbocycles. The maximum atomic E-state index is 11.8. The molecule has 10 heteroatoms. The number of hydrogen-bond acceptors (Lipinski definition) is 6. The Morgan fingerprint density at radius 2 is 0.955 bits per heavy atom. The predicted molar refractivity (Wildman–Crippen MR) is 79.1 cm³/mol. The highest BCUT2D eigenvalue weighted by molar-refractivity contribution is 7.86. The van der Waals surface area contributed by atoms with Crippen LogP contribution in [0.4, 0.5) is 8.78 Å². The third-order valence-electron chi connectivity index (χ3n) is 2.62. The van der Waals surface area contributed by atoms with Gasteiger partial charge in [-0.05, 0) is 38.5 Å². The van der Waals surface area contributed by atoms with Crippen LogP contribution in [0.5, 0.6) is 0 Å². The van der Waals surface area contributed by atoms with Crippen molar-refractivity contribution < 1.29 is 34.0 Å². The van der Waals surface area contributed by atoms with Crippen LogP contribution in [-0.4, -0.2) is 54.9 Å². The minimum Gasteiger partial charge on any atom is -0.270 e. The van der Waals surface area contributed by atoms with E-state index < -0.39 is 33.6 Å². The molecule has 0 spiro atoms. The zero-order chi connectivity index (χ0) is 16.9. The summed E-state index contributed by atoms with van der Waals surface area (Å²) >= 11 is 0. The molecule has 134 valence electrons. The van der Waals surface area contributed by atoms with E-state index in [0.717, 1.165) is 0 Å². The monoisotopic (exact) mass is 366 g/mol. The maximum absolute atomic E-state index is 11.8. The summed E-state index contributed by atoms with van der Waals surface area (Å²) in [6.07, 6.45) is 1.41. The molecule has 0 amide bonds. The first-order valence-electron chi connectivity index (χ1n) is 7.19. The van der Waals surface area contributed by atoms with Crippen LogP contribution in [-0.2, 0) is 28.6 Å². The van der Waals surface area contributed by atoms with Crippen LogP contribution in [0, 0.1) is 0 Å². The molecule has 0 unspecified atom stereocenters. The second-order valence-electron chi connectivity index (χ2n) is 4.67. The minimum absolute atomic E-state index is 0.0663. The Kier molecular flexibility index (Phi) is 12.0. The molecule has 0 aromatic heterocycles. The van der Waals surface area contributed by atoms with Gasteiger partial charge in [0.05, 0.1) is 38.1 Å². The second-order valence-corrected chi connectivity index (χ2v) is 8.19. The predicted octanol–water partition coefficient (Wildman–Crippen LogP) is 1.96. The van der Waals surface area contributed by atoms with Gasteiger partial charge in [-0.1, -0.05) is 0 Å². The second kappa shape index (κ2) is 12.1. The van der Waals surface area contributed by atoms with Crippen LogP contribution < -0.4 is 0 Å². The molecule has 0 aliphatic rings. The summed E-state index contributed by atoms with van der Waals surface area (Å²) in [4.78, 5) is 0. The van der Waals surface area contributed by atoms with Crippen molar-refractivity contribution >= 4 is 20.2 Å². The van der Waals surface area contributed by atoms with Crippen molar-refractivity contribution in [2.24, 2.45) is 0 Å². The Labute approximate surface area is 131 Å². The van der Waals surface area contributed by atoms with Crippen LogP contribution in [0.1, 0.15) is 38.5 Å². The van der Waals surface area contributed by atoms with Gasteiger partial charge in [-0.3, -0.25) is 17.1 Å². The molecule has 0 radical (unpaired) electrons. The molecule has 0 aromatic rings. The number of rotatable bonds is 15. The van der Waals surface area contributed by atoms with Crippen molar-refractivity contribution in [3.05, 3.63) is 0 Å². The van der Waals surface area contributed by atoms with Crippen LogP contribution in [0.2, 0.25) is 0 Å². The smallest absolute Gasteiger partial charge is 0.267 e. The van der Waals surface area contributed by atoms with Gasteiger partial charge in [0, 0.05) is 0 Å². The molecule has 22 heavy (non-hydrogen) atoms. The zero-order valence-electron chi connectivity index (χ0n) is 12.5. The maximum Gasteiger partial charge on any atom is 0.267 e. The van der Waals surface area contributed by atoms with Gasteiger partial charge in [-0.15, -0.1) is 0 Å². The van der Waals surface area contributed by atoms with Crippen molar-refractivity contribution in [3.63, 3.8) is 0 Å². The molecule has 0 atom stereocenters. The van der Waals surface area contributed by atoms with E-state index in [2.05, 4.69) is 0 Å². The molecular weight excluding hydrogens is 342 g/mol. The summed E-state index contributed by atoms with van der Waals surface area (Å²) in [7, 11) is -7.29. The fourth-order valence-electron chi connectivity index (χ4n) is 1.44. The number of unbranched alkanes of at least 4 members (excludes halogenated alkanes) is 3. The average molecular weight is 366 g/mol. The lowest BCUT2D eigenvalue weighted by Crippen LogP contribution is -2.14. The van der Waals surface area contributed by atoms with Crippen LogP contribution in [0.3, 0.4) is 0 Å². The third kappa shape index (κ3) is 13.4. The third-order valence-corrected chi connectivity index (χ3v) is 5.25. The summed E-state index contributed by atoms with van der Waals surface area (Å²) in [6, 6.07) is 0. The lowest BCUT2D eigenvalue weighted by molar-refractivity contribution is 0.270. The highest BCUT2D eigenvalue weighted by atomic mass is 32.2. The van der Waals surface area contributed by atoms with Gasteiger partial charge < -0.3 is 0 Å².